The van der Waals surface area contributed by atoms with E-state index in [1.54, 1.807) is 23.9 Å². The molecule has 5 heteroatoms. The normalized spacial score (nSPS) is 11.1. The molecule has 0 amide bonds. The van der Waals surface area contributed by atoms with Gasteiger partial charge in [-0.2, -0.15) is 0 Å². The zero-order chi connectivity index (χ0) is 14.7. The Morgan fingerprint density at radius 3 is 2.11 bits per heavy atom. The van der Waals surface area contributed by atoms with E-state index in [-0.39, 0.29) is 0 Å². The second kappa shape index (κ2) is 10.5. The second-order valence-corrected chi connectivity index (χ2v) is 7.54. The molecule has 19 heavy (non-hydrogen) atoms. The molecule has 0 aromatic heterocycles. The molecule has 0 rings (SSSR count). The average Bonchev–Trinajstić information content (AvgIpc) is 2.43. The van der Waals surface area contributed by atoms with Crippen molar-refractivity contribution in [2.24, 2.45) is 0 Å². The zero-order valence-electron chi connectivity index (χ0n) is 12.2. The Hall–Kier alpha value is -0.280. The molecule has 0 radical (unpaired) electrons. The maximum absolute atomic E-state index is 12.6. The van der Waals surface area contributed by atoms with Crippen molar-refractivity contribution in [1.82, 2.24) is 0 Å². The van der Waals surface area contributed by atoms with Crippen LogP contribution in [0.2, 0.25) is 0 Å². The number of allylic oxidation sites excluding steroid dienone is 3. The van der Waals surface area contributed by atoms with E-state index < -0.39 is 7.60 Å². The van der Waals surface area contributed by atoms with E-state index in [2.05, 4.69) is 20.1 Å². The van der Waals surface area contributed by atoms with Crippen molar-refractivity contribution in [3.8, 4) is 0 Å². The minimum absolute atomic E-state index is 0.664. The van der Waals surface area contributed by atoms with E-state index in [1.165, 1.54) is 14.2 Å². The minimum atomic E-state index is -3.20. The molecule has 0 aliphatic heterocycles. The Morgan fingerprint density at radius 1 is 1.21 bits per heavy atom. The molecule has 0 heterocycles. The molecule has 0 saturated carbocycles. The van der Waals surface area contributed by atoms with Crippen LogP contribution < -0.4 is 0 Å². The first kappa shape index (κ1) is 18.7. The molecule has 0 unspecified atom stereocenters. The molecule has 110 valence electrons. The van der Waals surface area contributed by atoms with Crippen LogP contribution >= 0.6 is 19.4 Å². The van der Waals surface area contributed by atoms with Crippen LogP contribution in [0, 0.1) is 0 Å². The van der Waals surface area contributed by atoms with Crippen LogP contribution in [-0.4, -0.2) is 20.0 Å². The Bertz CT molecular complexity index is 344. The average molecular weight is 304 g/mol. The third-order valence-corrected chi connectivity index (χ3v) is 6.44. The predicted octanol–water partition coefficient (Wildman–Crippen LogP) is 5.37. The Kier molecular flexibility index (Phi) is 10.3. The fourth-order valence-electron chi connectivity index (χ4n) is 1.53. The highest BCUT2D eigenvalue weighted by molar-refractivity contribution is 8.10. The van der Waals surface area contributed by atoms with Crippen molar-refractivity contribution < 1.29 is 13.6 Å². The zero-order valence-corrected chi connectivity index (χ0v) is 13.9. The minimum Gasteiger partial charge on any atom is -0.308 e. The van der Waals surface area contributed by atoms with Crippen LogP contribution in [0.1, 0.15) is 32.6 Å². The molecule has 0 aliphatic rings. The molecule has 0 fully saturated rings. The SMILES string of the molecule is C=CCC(CC=C)=C(SCCCC)P(=O)(OC)OC. The van der Waals surface area contributed by atoms with Crippen LogP contribution in [0.15, 0.2) is 35.5 Å². The Labute approximate surface area is 121 Å². The fourth-order valence-corrected chi connectivity index (χ4v) is 4.94. The quantitative estimate of drug-likeness (QED) is 0.292. The Morgan fingerprint density at radius 2 is 1.74 bits per heavy atom. The van der Waals surface area contributed by atoms with Crippen molar-refractivity contribution in [2.75, 3.05) is 20.0 Å². The maximum Gasteiger partial charge on any atom is 0.367 e. The number of hydrogen-bond acceptors (Lipinski definition) is 4. The molecule has 3 nitrogen and oxygen atoms in total. The van der Waals surface area contributed by atoms with Crippen LogP contribution in [-0.2, 0) is 13.6 Å². The highest BCUT2D eigenvalue weighted by atomic mass is 32.2. The first-order valence-corrected chi connectivity index (χ1v) is 8.91. The van der Waals surface area contributed by atoms with Crippen LogP contribution in [0.5, 0.6) is 0 Å². The van der Waals surface area contributed by atoms with Crippen molar-refractivity contribution >= 4 is 19.4 Å². The van der Waals surface area contributed by atoms with Crippen molar-refractivity contribution in [1.29, 1.82) is 0 Å². The number of hydrogen-bond donors (Lipinski definition) is 0. The van der Waals surface area contributed by atoms with E-state index in [0.717, 1.165) is 24.2 Å². The molecular formula is C14H25O3PS. The molecule has 0 bridgehead atoms. The lowest BCUT2D eigenvalue weighted by molar-refractivity contribution is 0.285. The summed E-state index contributed by atoms with van der Waals surface area (Å²) in [6.45, 7) is 9.62. The van der Waals surface area contributed by atoms with E-state index >= 15 is 0 Å². The summed E-state index contributed by atoms with van der Waals surface area (Å²) in [6.07, 6.45) is 7.10. The number of thioether (sulfide) groups is 1. The second-order valence-electron chi connectivity index (χ2n) is 3.96. The third kappa shape index (κ3) is 6.13. The van der Waals surface area contributed by atoms with Gasteiger partial charge in [-0.1, -0.05) is 25.5 Å². The smallest absolute Gasteiger partial charge is 0.308 e. The summed E-state index contributed by atoms with van der Waals surface area (Å²) in [5.41, 5.74) is 1.01. The van der Waals surface area contributed by atoms with Crippen molar-refractivity contribution in [3.05, 3.63) is 35.5 Å². The van der Waals surface area contributed by atoms with Crippen molar-refractivity contribution in [2.45, 2.75) is 32.6 Å². The predicted molar refractivity (Wildman–Crippen MR) is 85.6 cm³/mol. The van der Waals surface area contributed by atoms with E-state index in [0.29, 0.717) is 17.5 Å². The lowest BCUT2D eigenvalue weighted by atomic mass is 10.1. The van der Waals surface area contributed by atoms with Gasteiger partial charge in [0.25, 0.3) is 0 Å². The molecule has 0 saturated heterocycles. The van der Waals surface area contributed by atoms with Gasteiger partial charge in [0.1, 0.15) is 0 Å². The number of unbranched alkanes of at least 4 members (excludes halogenated alkanes) is 1. The van der Waals surface area contributed by atoms with Gasteiger partial charge in [-0.3, -0.25) is 4.57 Å². The molecule has 0 aromatic carbocycles. The first-order valence-electron chi connectivity index (χ1n) is 6.38. The number of rotatable bonds is 11. The molecule has 0 aromatic rings. The van der Waals surface area contributed by atoms with Gasteiger partial charge in [-0.15, -0.1) is 24.9 Å². The van der Waals surface area contributed by atoms with E-state index in [9.17, 15) is 4.57 Å². The molecule has 0 aliphatic carbocycles. The molecule has 0 spiro atoms. The summed E-state index contributed by atoms with van der Waals surface area (Å²) >= 11 is 1.56. The first-order chi connectivity index (χ1) is 9.09. The third-order valence-electron chi connectivity index (χ3n) is 2.55. The van der Waals surface area contributed by atoms with Gasteiger partial charge in [0.15, 0.2) is 0 Å². The lowest BCUT2D eigenvalue weighted by Crippen LogP contribution is -1.96. The largest absolute Gasteiger partial charge is 0.367 e. The fraction of sp³-hybridized carbons (Fsp3) is 0.571. The van der Waals surface area contributed by atoms with E-state index in [4.69, 9.17) is 9.05 Å². The summed E-state index contributed by atoms with van der Waals surface area (Å²) in [4.78, 5) is 0. The van der Waals surface area contributed by atoms with Gasteiger partial charge in [-0.25, -0.2) is 0 Å². The maximum atomic E-state index is 12.6. The molecule has 0 atom stereocenters. The molecule has 0 N–H and O–H groups in total. The summed E-state index contributed by atoms with van der Waals surface area (Å²) in [6, 6.07) is 0. The standard InChI is InChI=1S/C14H25O3PS/c1-6-9-12-19-14(18(15,16-4)17-5)13(10-7-2)11-8-3/h7-8H,2-3,6,9-12H2,1,4-5H3. The van der Waals surface area contributed by atoms with Crippen molar-refractivity contribution in [3.63, 3.8) is 0 Å². The van der Waals surface area contributed by atoms with Gasteiger partial charge in [0.05, 0.1) is 4.65 Å². The topological polar surface area (TPSA) is 35.5 Å². The molecular weight excluding hydrogens is 279 g/mol. The monoisotopic (exact) mass is 304 g/mol. The summed E-state index contributed by atoms with van der Waals surface area (Å²) < 4.78 is 23.6. The van der Waals surface area contributed by atoms with E-state index in [1.807, 2.05) is 0 Å². The summed E-state index contributed by atoms with van der Waals surface area (Å²) in [5, 5.41) is 0. The van der Waals surface area contributed by atoms with Crippen LogP contribution in [0.25, 0.3) is 0 Å². The highest BCUT2D eigenvalue weighted by Crippen LogP contribution is 2.61. The van der Waals surface area contributed by atoms with Gasteiger partial charge in [0, 0.05) is 14.2 Å². The van der Waals surface area contributed by atoms with Gasteiger partial charge >= 0.3 is 7.60 Å². The summed E-state index contributed by atoms with van der Waals surface area (Å²) in [5.74, 6) is 0.903. The van der Waals surface area contributed by atoms with Crippen LogP contribution in [0.3, 0.4) is 0 Å². The van der Waals surface area contributed by atoms with Gasteiger partial charge in [-0.05, 0) is 30.6 Å². The van der Waals surface area contributed by atoms with Gasteiger partial charge in [0.2, 0.25) is 0 Å². The highest BCUT2D eigenvalue weighted by Gasteiger charge is 2.30. The lowest BCUT2D eigenvalue weighted by Gasteiger charge is -2.20. The Balaban J connectivity index is 5.41. The van der Waals surface area contributed by atoms with Crippen LogP contribution in [0.4, 0.5) is 0 Å². The summed E-state index contributed by atoms with van der Waals surface area (Å²) in [7, 11) is -0.359. The van der Waals surface area contributed by atoms with Gasteiger partial charge < -0.3 is 9.05 Å².